The third kappa shape index (κ3) is 5.94. The second kappa shape index (κ2) is 12.1. The SMILES string of the molecule is CC(C)Nc1cc(-n2ncc3cc(C#N)cnc32)ncc1-c1cn[nH]n1.O=C(c1cccnc1)N1CCCCC1. The first-order valence-electron chi connectivity index (χ1n) is 13.1. The molecule has 1 aliphatic heterocycles. The van der Waals surface area contributed by atoms with E-state index in [1.165, 1.54) is 12.6 Å². The molecule has 1 amide bonds. The Balaban J connectivity index is 0.000000194. The van der Waals surface area contributed by atoms with Crippen molar-refractivity contribution in [2.24, 2.45) is 0 Å². The van der Waals surface area contributed by atoms with E-state index in [9.17, 15) is 4.79 Å². The molecule has 6 heterocycles. The highest BCUT2D eigenvalue weighted by atomic mass is 16.2. The van der Waals surface area contributed by atoms with Crippen LogP contribution in [-0.2, 0) is 0 Å². The van der Waals surface area contributed by atoms with Gasteiger partial charge < -0.3 is 10.2 Å². The topological polar surface area (TPSA) is 154 Å². The second-order valence-electron chi connectivity index (χ2n) is 9.64. The van der Waals surface area contributed by atoms with Crippen molar-refractivity contribution < 1.29 is 4.79 Å². The number of carbonyl (C=O) groups excluding carboxylic acids is 1. The predicted octanol–water partition coefficient (Wildman–Crippen LogP) is 4.00. The van der Waals surface area contributed by atoms with Gasteiger partial charge in [-0.3, -0.25) is 9.78 Å². The number of piperidine rings is 1. The summed E-state index contributed by atoms with van der Waals surface area (Å²) in [6, 6.07) is 9.58. The summed E-state index contributed by atoms with van der Waals surface area (Å²) in [6.45, 7) is 5.91. The zero-order valence-electron chi connectivity index (χ0n) is 22.3. The van der Waals surface area contributed by atoms with Crippen LogP contribution in [0.2, 0.25) is 0 Å². The molecule has 0 atom stereocenters. The Morgan fingerprint density at radius 1 is 1.07 bits per heavy atom. The molecule has 2 N–H and O–H groups in total. The number of likely N-dealkylation sites (tertiary alicyclic amines) is 1. The lowest BCUT2D eigenvalue weighted by Gasteiger charge is -2.26. The number of pyridine rings is 3. The molecule has 40 heavy (non-hydrogen) atoms. The standard InChI is InChI=1S/C17H15N9.C11H14N2O/c1-10(2)23-14-4-16(19-8-13(14)15-9-21-25-24-15)26-17-12(7-22-26)3-11(5-18)6-20-17;14-11(10-5-4-6-12-9-10)13-7-2-1-3-8-13/h3-4,6-10H,1-2H3,(H,19,23)(H,21,24,25);4-6,9H,1-3,7-8H2. The monoisotopic (exact) mass is 535 g/mol. The summed E-state index contributed by atoms with van der Waals surface area (Å²) in [5.41, 5.74) is 4.25. The molecule has 202 valence electrons. The van der Waals surface area contributed by atoms with Gasteiger partial charge in [-0.15, -0.1) is 0 Å². The average Bonchev–Trinajstić information content (AvgIpc) is 3.68. The van der Waals surface area contributed by atoms with Gasteiger partial charge in [-0.1, -0.05) is 0 Å². The van der Waals surface area contributed by atoms with Crippen molar-refractivity contribution in [3.05, 3.63) is 72.6 Å². The van der Waals surface area contributed by atoms with E-state index in [0.29, 0.717) is 28.3 Å². The minimum atomic E-state index is 0.123. The molecule has 12 nitrogen and oxygen atoms in total. The Morgan fingerprint density at radius 3 is 2.62 bits per heavy atom. The highest BCUT2D eigenvalue weighted by Crippen LogP contribution is 2.28. The Bertz CT molecular complexity index is 1620. The van der Waals surface area contributed by atoms with Crippen molar-refractivity contribution in [2.45, 2.75) is 39.2 Å². The maximum absolute atomic E-state index is 11.9. The number of carbonyl (C=O) groups is 1. The van der Waals surface area contributed by atoms with Crippen molar-refractivity contribution >= 4 is 22.6 Å². The minimum Gasteiger partial charge on any atom is -0.382 e. The van der Waals surface area contributed by atoms with E-state index in [1.807, 2.05) is 17.0 Å². The maximum atomic E-state index is 11.9. The van der Waals surface area contributed by atoms with Crippen molar-refractivity contribution in [1.82, 2.24) is 45.0 Å². The molecular weight excluding hydrogens is 506 g/mol. The summed E-state index contributed by atoms with van der Waals surface area (Å²) < 4.78 is 1.65. The number of hydrogen-bond donors (Lipinski definition) is 2. The summed E-state index contributed by atoms with van der Waals surface area (Å²) in [7, 11) is 0. The largest absolute Gasteiger partial charge is 0.382 e. The second-order valence-corrected chi connectivity index (χ2v) is 9.64. The minimum absolute atomic E-state index is 0.123. The van der Waals surface area contributed by atoms with Crippen LogP contribution in [0.15, 0.2) is 61.4 Å². The normalized spacial score (nSPS) is 13.0. The number of rotatable bonds is 5. The molecule has 0 spiro atoms. The highest BCUT2D eigenvalue weighted by molar-refractivity contribution is 5.93. The van der Waals surface area contributed by atoms with E-state index in [4.69, 9.17) is 5.26 Å². The van der Waals surface area contributed by atoms with Gasteiger partial charge in [0.25, 0.3) is 5.91 Å². The van der Waals surface area contributed by atoms with E-state index < -0.39 is 0 Å². The van der Waals surface area contributed by atoms with Gasteiger partial charge in [0.05, 0.1) is 23.5 Å². The lowest BCUT2D eigenvalue weighted by Crippen LogP contribution is -2.35. The number of aromatic nitrogens is 8. The number of H-pyrrole nitrogens is 1. The summed E-state index contributed by atoms with van der Waals surface area (Å²) in [5.74, 6) is 0.741. The van der Waals surface area contributed by atoms with E-state index in [-0.39, 0.29) is 11.9 Å². The number of nitriles is 1. The molecule has 5 aromatic rings. The average molecular weight is 536 g/mol. The third-order valence-electron chi connectivity index (χ3n) is 6.33. The van der Waals surface area contributed by atoms with Crippen molar-refractivity contribution in [1.29, 1.82) is 5.26 Å². The molecule has 6 rings (SSSR count). The fraction of sp³-hybridized carbons (Fsp3) is 0.286. The molecule has 12 heteroatoms. The summed E-state index contributed by atoms with van der Waals surface area (Å²) in [4.78, 5) is 26.6. The lowest BCUT2D eigenvalue weighted by molar-refractivity contribution is 0.0724. The van der Waals surface area contributed by atoms with Crippen LogP contribution >= 0.6 is 0 Å². The van der Waals surface area contributed by atoms with Gasteiger partial charge in [-0.2, -0.15) is 30.5 Å². The van der Waals surface area contributed by atoms with E-state index in [1.54, 1.807) is 47.8 Å². The molecule has 0 aromatic carbocycles. The first-order valence-corrected chi connectivity index (χ1v) is 13.1. The summed E-state index contributed by atoms with van der Waals surface area (Å²) in [6.07, 6.45) is 13.4. The number of amides is 1. The molecule has 1 saturated heterocycles. The van der Waals surface area contributed by atoms with Gasteiger partial charge in [0.1, 0.15) is 11.8 Å². The number of fused-ring (bicyclic) bond motifs is 1. The molecule has 1 fully saturated rings. The van der Waals surface area contributed by atoms with Crippen LogP contribution in [-0.4, -0.2) is 70.1 Å². The number of aromatic amines is 1. The maximum Gasteiger partial charge on any atom is 0.255 e. The smallest absolute Gasteiger partial charge is 0.255 e. The van der Waals surface area contributed by atoms with Gasteiger partial charge in [-0.05, 0) is 51.3 Å². The summed E-state index contributed by atoms with van der Waals surface area (Å²) >= 11 is 0. The fourth-order valence-electron chi connectivity index (χ4n) is 4.44. The Morgan fingerprint density at radius 2 is 1.93 bits per heavy atom. The lowest BCUT2D eigenvalue weighted by atomic mass is 10.1. The molecule has 0 radical (unpaired) electrons. The molecule has 0 saturated carbocycles. The number of nitrogens with zero attached hydrogens (tertiary/aromatic N) is 9. The van der Waals surface area contributed by atoms with Gasteiger partial charge in [0.15, 0.2) is 11.5 Å². The van der Waals surface area contributed by atoms with Crippen LogP contribution < -0.4 is 5.32 Å². The predicted molar refractivity (Wildman–Crippen MR) is 150 cm³/mol. The van der Waals surface area contributed by atoms with Gasteiger partial charge in [-0.25, -0.2) is 9.97 Å². The van der Waals surface area contributed by atoms with Crippen molar-refractivity contribution in [2.75, 3.05) is 18.4 Å². The third-order valence-corrected chi connectivity index (χ3v) is 6.33. The summed E-state index contributed by atoms with van der Waals surface area (Å²) in [5, 5.41) is 28.2. The Labute approximate surface area is 231 Å². The Hall–Kier alpha value is -5.18. The van der Waals surface area contributed by atoms with Crippen molar-refractivity contribution in [3.63, 3.8) is 0 Å². The van der Waals surface area contributed by atoms with Crippen molar-refractivity contribution in [3.8, 4) is 23.1 Å². The molecule has 0 unspecified atom stereocenters. The zero-order valence-corrected chi connectivity index (χ0v) is 22.3. The molecular formula is C28H29N11O. The Kier molecular flexibility index (Phi) is 8.01. The van der Waals surface area contributed by atoms with Crippen LogP contribution in [0.3, 0.4) is 0 Å². The number of nitrogens with one attached hydrogen (secondary N) is 2. The van der Waals surface area contributed by atoms with Crippen LogP contribution in [0.25, 0.3) is 28.1 Å². The van der Waals surface area contributed by atoms with Crippen LogP contribution in [0.5, 0.6) is 0 Å². The van der Waals surface area contributed by atoms with Gasteiger partial charge >= 0.3 is 0 Å². The molecule has 0 aliphatic carbocycles. The number of hydrogen-bond acceptors (Lipinski definition) is 9. The number of anilines is 1. The van der Waals surface area contributed by atoms with E-state index >= 15 is 0 Å². The first-order chi connectivity index (χ1) is 19.5. The quantitative estimate of drug-likeness (QED) is 0.340. The zero-order chi connectivity index (χ0) is 27.9. The van der Waals surface area contributed by atoms with Gasteiger partial charge in [0.2, 0.25) is 0 Å². The van der Waals surface area contributed by atoms with E-state index in [0.717, 1.165) is 42.6 Å². The molecule has 5 aromatic heterocycles. The highest BCUT2D eigenvalue weighted by Gasteiger charge is 2.18. The fourth-order valence-corrected chi connectivity index (χ4v) is 4.44. The van der Waals surface area contributed by atoms with Crippen LogP contribution in [0, 0.1) is 11.3 Å². The van der Waals surface area contributed by atoms with Gasteiger partial charge in [0, 0.05) is 66.6 Å². The molecule has 0 bridgehead atoms. The molecule has 1 aliphatic rings. The first kappa shape index (κ1) is 26.4. The van der Waals surface area contributed by atoms with Crippen LogP contribution in [0.1, 0.15) is 49.0 Å². The van der Waals surface area contributed by atoms with Crippen LogP contribution in [0.4, 0.5) is 5.69 Å². The van der Waals surface area contributed by atoms with E-state index in [2.05, 4.69) is 60.7 Å².